The van der Waals surface area contributed by atoms with Crippen molar-refractivity contribution in [2.24, 2.45) is 0 Å². The second-order valence-corrected chi connectivity index (χ2v) is 13.7. The van der Waals surface area contributed by atoms with E-state index in [9.17, 15) is 33.9 Å². The smallest absolute Gasteiger partial charge is 0.387 e. The third-order valence-electron chi connectivity index (χ3n) is 7.54. The summed E-state index contributed by atoms with van der Waals surface area (Å²) in [6, 6.07) is 0. The van der Waals surface area contributed by atoms with E-state index in [1.54, 1.807) is 0 Å². The van der Waals surface area contributed by atoms with Gasteiger partial charge in [-0.3, -0.25) is 32.5 Å². The minimum absolute atomic E-state index is 0.0553. The van der Waals surface area contributed by atoms with Crippen LogP contribution in [0.25, 0.3) is 22.3 Å². The fourth-order valence-electron chi connectivity index (χ4n) is 5.43. The molecule has 7 rings (SSSR count). The number of phosphoric acid groups is 1. The summed E-state index contributed by atoms with van der Waals surface area (Å²) in [5.41, 5.74) is 10.9. The van der Waals surface area contributed by atoms with Crippen LogP contribution in [0.2, 0.25) is 0 Å². The third-order valence-corrected chi connectivity index (χ3v) is 9.55. The number of H-pyrrole nitrogens is 1. The van der Waals surface area contributed by atoms with Crippen molar-refractivity contribution in [3.63, 3.8) is 0 Å². The molecule has 3 aliphatic heterocycles. The highest BCUT2D eigenvalue weighted by atomic mass is 31.2. The molecule has 46 heavy (non-hydrogen) atoms. The van der Waals surface area contributed by atoms with Crippen molar-refractivity contribution in [2.75, 3.05) is 31.0 Å². The summed E-state index contributed by atoms with van der Waals surface area (Å²) >= 11 is 0. The number of nitrogens with zero attached hydrogens (tertiary/aromatic N) is 7. The van der Waals surface area contributed by atoms with Crippen LogP contribution >= 0.6 is 15.4 Å². The first-order valence-corrected chi connectivity index (χ1v) is 16.6. The largest absolute Gasteiger partial charge is 0.472 e. The Kier molecular flexibility index (Phi) is 7.70. The lowest BCUT2D eigenvalue weighted by Gasteiger charge is -2.26. The van der Waals surface area contributed by atoms with E-state index < -0.39 is 89.6 Å². The number of aromatic nitrogens is 8. The minimum atomic E-state index is -5.09. The van der Waals surface area contributed by atoms with Crippen molar-refractivity contribution in [3.8, 4) is 0 Å². The van der Waals surface area contributed by atoms with E-state index >= 15 is 0 Å². The van der Waals surface area contributed by atoms with Crippen molar-refractivity contribution in [3.05, 3.63) is 29.3 Å². The number of hydrogen-bond donors (Lipinski definition) is 7. The molecule has 0 spiro atoms. The minimum Gasteiger partial charge on any atom is -0.387 e. The third kappa shape index (κ3) is 5.49. The maximum atomic E-state index is 13.2. The molecule has 9 N–H and O–H groups in total. The van der Waals surface area contributed by atoms with E-state index in [2.05, 4.69) is 29.9 Å². The number of fused-ring (bicyclic) bond motifs is 5. The number of ether oxygens (including phenoxy) is 3. The van der Waals surface area contributed by atoms with Crippen LogP contribution < -0.4 is 17.0 Å². The molecule has 0 amide bonds. The van der Waals surface area contributed by atoms with Crippen LogP contribution in [-0.4, -0.2) is 115 Å². The average molecular weight is 688 g/mol. The highest BCUT2D eigenvalue weighted by Crippen LogP contribution is 2.52. The van der Waals surface area contributed by atoms with Gasteiger partial charge in [0.1, 0.15) is 54.8 Å². The van der Waals surface area contributed by atoms with Gasteiger partial charge >= 0.3 is 15.4 Å². The summed E-state index contributed by atoms with van der Waals surface area (Å²) in [4.78, 5) is 55.9. The summed E-state index contributed by atoms with van der Waals surface area (Å²) < 4.78 is 61.7. The predicted molar refractivity (Wildman–Crippen MR) is 148 cm³/mol. The molecule has 4 unspecified atom stereocenters. The molecule has 248 valence electrons. The number of hydrogen-bond acceptors (Lipinski definition) is 18. The number of aromatic amines is 1. The van der Waals surface area contributed by atoms with Gasteiger partial charge in [0.15, 0.2) is 35.1 Å². The summed E-state index contributed by atoms with van der Waals surface area (Å²) in [6.07, 6.45) is -9.39. The van der Waals surface area contributed by atoms with Gasteiger partial charge in [-0.25, -0.2) is 24.5 Å². The van der Waals surface area contributed by atoms with E-state index in [4.69, 9.17) is 39.2 Å². The van der Waals surface area contributed by atoms with Crippen LogP contribution in [0.1, 0.15) is 12.5 Å². The van der Waals surface area contributed by atoms with Crippen LogP contribution in [0.4, 0.5) is 11.8 Å². The van der Waals surface area contributed by atoms with Crippen LogP contribution in [0.5, 0.6) is 0 Å². The molecule has 0 aromatic carbocycles. The fraction of sp³-hybridized carbons (Fsp3) is 0.524. The molecule has 3 fully saturated rings. The molecule has 7 heterocycles. The lowest BCUT2D eigenvalue weighted by Crippen LogP contribution is -2.38. The standard InChI is InChI=1S/C21H26N10O13P2/c22-15-9-16(25-3-24-15)30(4-26-9)19-12(33)13-8(43-19)2-41-46(37,38)44-14-11(32)7(1-40-45(35,36)6-39-13)42-20(14)31-5-27-10-17(31)28-21(23)29-18(10)34/h3-5,7-8,11-14,19-20,32-33H,1-2,6H2,(H,35,36)(H,37,38)(H2,22,24,25)(H3,23,28,29,34)/t7-,8-,11?,12-,13?,14+,19-,20-/m1/s1. The molecule has 4 aromatic rings. The van der Waals surface area contributed by atoms with Crippen molar-refractivity contribution in [1.82, 2.24) is 39.0 Å². The Bertz CT molecular complexity index is 1950. The number of imidazole rings is 2. The topological polar surface area (TPSA) is 330 Å². The van der Waals surface area contributed by atoms with Gasteiger partial charge in [-0.05, 0) is 0 Å². The van der Waals surface area contributed by atoms with E-state index in [1.807, 2.05) is 0 Å². The molecule has 0 aliphatic carbocycles. The summed E-state index contributed by atoms with van der Waals surface area (Å²) in [7, 11) is -9.69. The Labute approximate surface area is 255 Å². The molecule has 23 nitrogen and oxygen atoms in total. The van der Waals surface area contributed by atoms with Crippen LogP contribution in [0, 0.1) is 0 Å². The zero-order chi connectivity index (χ0) is 32.5. The Morgan fingerprint density at radius 2 is 1.57 bits per heavy atom. The van der Waals surface area contributed by atoms with Gasteiger partial charge in [-0.15, -0.1) is 0 Å². The maximum absolute atomic E-state index is 13.2. The van der Waals surface area contributed by atoms with Gasteiger partial charge < -0.3 is 50.2 Å². The Morgan fingerprint density at radius 1 is 0.870 bits per heavy atom. The van der Waals surface area contributed by atoms with Gasteiger partial charge in [0.2, 0.25) is 5.95 Å². The Morgan fingerprint density at radius 3 is 2.35 bits per heavy atom. The number of aliphatic hydroxyl groups excluding tert-OH is 2. The van der Waals surface area contributed by atoms with Crippen molar-refractivity contribution < 1.29 is 56.9 Å². The van der Waals surface area contributed by atoms with Crippen LogP contribution in [0.3, 0.4) is 0 Å². The predicted octanol–water partition coefficient (Wildman–Crippen LogP) is -2.30. The molecule has 0 saturated carbocycles. The van der Waals surface area contributed by atoms with Crippen LogP contribution in [-0.2, 0) is 36.9 Å². The number of nitrogens with one attached hydrogen (secondary N) is 1. The molecule has 3 saturated heterocycles. The van der Waals surface area contributed by atoms with Gasteiger partial charge in [0.05, 0.1) is 25.9 Å². The zero-order valence-corrected chi connectivity index (χ0v) is 24.9. The Balaban J connectivity index is 1.20. The number of nitrogen functional groups attached to an aromatic ring is 2. The second kappa shape index (κ2) is 11.4. The molecular formula is C21H26N10O13P2. The number of phosphoric ester groups is 1. The van der Waals surface area contributed by atoms with E-state index in [0.717, 1.165) is 10.9 Å². The van der Waals surface area contributed by atoms with E-state index in [0.29, 0.717) is 0 Å². The molecule has 10 atom stereocenters. The van der Waals surface area contributed by atoms with E-state index in [1.165, 1.54) is 17.2 Å². The van der Waals surface area contributed by atoms with Gasteiger partial charge in [0, 0.05) is 0 Å². The van der Waals surface area contributed by atoms with E-state index in [-0.39, 0.29) is 34.1 Å². The molecular weight excluding hydrogens is 662 g/mol. The van der Waals surface area contributed by atoms with Crippen molar-refractivity contribution in [1.29, 1.82) is 0 Å². The monoisotopic (exact) mass is 688 g/mol. The molecule has 2 bridgehead atoms. The average Bonchev–Trinajstić information content (AvgIpc) is 3.75. The lowest BCUT2D eigenvalue weighted by molar-refractivity contribution is -0.0633. The first-order chi connectivity index (χ1) is 21.8. The van der Waals surface area contributed by atoms with Crippen LogP contribution in [0.15, 0.2) is 23.8 Å². The fourth-order valence-corrected chi connectivity index (χ4v) is 7.18. The lowest BCUT2D eigenvalue weighted by atomic mass is 10.1. The number of nitrogens with two attached hydrogens (primary N) is 2. The normalized spacial score (nSPS) is 37.4. The van der Waals surface area contributed by atoms with Gasteiger partial charge in [-0.2, -0.15) is 4.98 Å². The first-order valence-electron chi connectivity index (χ1n) is 13.4. The SMILES string of the molecule is Nc1nc2c(ncn2[C@@H]2O[C@@H]3COP(=O)(O)COC4[C@@H](O)[C@H](n5cnc6c(N)ncnc65)O[C@@H]4COP(=O)(O)O[C@H]2C3O)c(=O)[nH]1. The number of anilines is 2. The summed E-state index contributed by atoms with van der Waals surface area (Å²) in [5.74, 6) is -0.225. The zero-order valence-electron chi connectivity index (χ0n) is 23.1. The van der Waals surface area contributed by atoms with Gasteiger partial charge in [-0.1, -0.05) is 0 Å². The summed E-state index contributed by atoms with van der Waals surface area (Å²) in [6.45, 7) is -1.49. The Hall–Kier alpha value is -3.44. The quantitative estimate of drug-likeness (QED) is 0.109. The highest BCUT2D eigenvalue weighted by molar-refractivity contribution is 7.52. The molecule has 25 heteroatoms. The van der Waals surface area contributed by atoms with Crippen molar-refractivity contribution >= 4 is 49.5 Å². The molecule has 3 aliphatic rings. The first kappa shape index (κ1) is 31.2. The van der Waals surface area contributed by atoms with Gasteiger partial charge in [0.25, 0.3) is 5.56 Å². The maximum Gasteiger partial charge on any atom is 0.472 e. The number of rotatable bonds is 2. The molecule has 4 aromatic heterocycles. The molecule has 0 radical (unpaired) electrons. The highest BCUT2D eigenvalue weighted by Gasteiger charge is 2.52. The second-order valence-electron chi connectivity index (χ2n) is 10.5. The summed E-state index contributed by atoms with van der Waals surface area (Å²) in [5, 5.41) is 22.2. The number of aliphatic hydroxyl groups is 2. The van der Waals surface area contributed by atoms with Crippen molar-refractivity contribution in [2.45, 2.75) is 49.1 Å².